The average Bonchev–Trinajstić information content (AvgIpc) is 3.43. The third-order valence-electron chi connectivity index (χ3n) is 5.57. The lowest BCUT2D eigenvalue weighted by Crippen LogP contribution is -2.50. The van der Waals surface area contributed by atoms with E-state index < -0.39 is 10.0 Å². The van der Waals surface area contributed by atoms with E-state index in [1.54, 1.807) is 6.07 Å². The fraction of sp³-hybridized carbons (Fsp3) is 0.400. The van der Waals surface area contributed by atoms with E-state index in [0.717, 1.165) is 19.6 Å². The topological polar surface area (TPSA) is 40.6 Å². The summed E-state index contributed by atoms with van der Waals surface area (Å²) in [5, 5.41) is 0.663. The van der Waals surface area contributed by atoms with Crippen molar-refractivity contribution in [3.8, 4) is 0 Å². The second kappa shape index (κ2) is 7.37. The van der Waals surface area contributed by atoms with Crippen LogP contribution in [0.4, 0.5) is 0 Å². The molecule has 1 aliphatic heterocycles. The van der Waals surface area contributed by atoms with Gasteiger partial charge in [-0.2, -0.15) is 4.31 Å². The molecule has 1 saturated carbocycles. The summed E-state index contributed by atoms with van der Waals surface area (Å²) in [5.74, 6) is 0. The Morgan fingerprint density at radius 1 is 0.889 bits per heavy atom. The standard InChI is InChI=1S/C20H22Cl2N2O2S/c21-17-12-18(22)14-19(13-17)27(25,26)24-10-8-23(9-11-24)15-20(6-7-20)16-4-2-1-3-5-16/h1-5,12-14H,6-11,15H2. The highest BCUT2D eigenvalue weighted by Crippen LogP contribution is 2.48. The minimum Gasteiger partial charge on any atom is -0.300 e. The second-order valence-electron chi connectivity index (χ2n) is 7.43. The van der Waals surface area contributed by atoms with E-state index in [1.165, 1.54) is 34.8 Å². The lowest BCUT2D eigenvalue weighted by atomic mass is 9.95. The molecule has 0 radical (unpaired) electrons. The lowest BCUT2D eigenvalue weighted by molar-refractivity contribution is 0.174. The van der Waals surface area contributed by atoms with Crippen molar-refractivity contribution in [1.82, 2.24) is 9.21 Å². The Labute approximate surface area is 170 Å². The number of hydrogen-bond acceptors (Lipinski definition) is 3. The predicted molar refractivity (Wildman–Crippen MR) is 109 cm³/mol. The van der Waals surface area contributed by atoms with E-state index in [-0.39, 0.29) is 10.3 Å². The van der Waals surface area contributed by atoms with Gasteiger partial charge in [0.15, 0.2) is 0 Å². The molecule has 0 unspecified atom stereocenters. The van der Waals surface area contributed by atoms with E-state index >= 15 is 0 Å². The van der Waals surface area contributed by atoms with Crippen molar-refractivity contribution < 1.29 is 8.42 Å². The molecular formula is C20H22Cl2N2O2S. The van der Waals surface area contributed by atoms with Gasteiger partial charge in [0.25, 0.3) is 0 Å². The van der Waals surface area contributed by atoms with Crippen molar-refractivity contribution in [3.63, 3.8) is 0 Å². The molecule has 2 aliphatic rings. The monoisotopic (exact) mass is 424 g/mol. The lowest BCUT2D eigenvalue weighted by Gasteiger charge is -2.36. The van der Waals surface area contributed by atoms with Gasteiger partial charge in [0.05, 0.1) is 4.90 Å². The zero-order chi connectivity index (χ0) is 19.1. The van der Waals surface area contributed by atoms with Gasteiger partial charge in [-0.05, 0) is 36.6 Å². The van der Waals surface area contributed by atoms with Crippen LogP contribution in [0.5, 0.6) is 0 Å². The van der Waals surface area contributed by atoms with Crippen molar-refractivity contribution in [1.29, 1.82) is 0 Å². The molecule has 0 spiro atoms. The number of rotatable bonds is 5. The number of hydrogen-bond donors (Lipinski definition) is 0. The number of benzene rings is 2. The molecule has 0 amide bonds. The summed E-state index contributed by atoms with van der Waals surface area (Å²) in [6, 6.07) is 15.1. The van der Waals surface area contributed by atoms with Crippen LogP contribution in [-0.2, 0) is 15.4 Å². The number of piperazine rings is 1. The van der Waals surface area contributed by atoms with Gasteiger partial charge < -0.3 is 0 Å². The molecule has 1 aliphatic carbocycles. The molecule has 2 aromatic rings. The average molecular weight is 425 g/mol. The Morgan fingerprint density at radius 2 is 1.48 bits per heavy atom. The van der Waals surface area contributed by atoms with Gasteiger partial charge in [0.2, 0.25) is 10.0 Å². The third-order valence-corrected chi connectivity index (χ3v) is 7.88. The minimum absolute atomic E-state index is 0.163. The van der Waals surface area contributed by atoms with E-state index in [4.69, 9.17) is 23.2 Å². The molecule has 1 heterocycles. The minimum atomic E-state index is -3.57. The number of nitrogens with zero attached hydrogens (tertiary/aromatic N) is 2. The molecule has 2 fully saturated rings. The van der Waals surface area contributed by atoms with E-state index in [9.17, 15) is 8.42 Å². The number of sulfonamides is 1. The Morgan fingerprint density at radius 3 is 2.04 bits per heavy atom. The summed E-state index contributed by atoms with van der Waals surface area (Å²) in [6.07, 6.45) is 2.41. The summed E-state index contributed by atoms with van der Waals surface area (Å²) in [4.78, 5) is 2.55. The van der Waals surface area contributed by atoms with Gasteiger partial charge >= 0.3 is 0 Å². The Hall–Kier alpha value is -1.11. The molecule has 27 heavy (non-hydrogen) atoms. The summed E-state index contributed by atoms with van der Waals surface area (Å²) < 4.78 is 27.4. The highest BCUT2D eigenvalue weighted by atomic mass is 35.5. The summed E-state index contributed by atoms with van der Waals surface area (Å²) >= 11 is 12.0. The second-order valence-corrected chi connectivity index (χ2v) is 10.2. The number of halogens is 2. The van der Waals surface area contributed by atoms with Gasteiger partial charge in [0.1, 0.15) is 0 Å². The van der Waals surface area contributed by atoms with Crippen molar-refractivity contribution in [2.75, 3.05) is 32.7 Å². The molecule has 144 valence electrons. The normalized spacial score (nSPS) is 20.5. The van der Waals surface area contributed by atoms with E-state index in [0.29, 0.717) is 23.1 Å². The highest BCUT2D eigenvalue weighted by molar-refractivity contribution is 7.89. The maximum absolute atomic E-state index is 12.9. The maximum Gasteiger partial charge on any atom is 0.243 e. The Balaban J connectivity index is 1.42. The first kappa shape index (κ1) is 19.2. The van der Waals surface area contributed by atoms with Gasteiger partial charge in [-0.25, -0.2) is 8.42 Å². The van der Waals surface area contributed by atoms with E-state index in [2.05, 4.69) is 29.2 Å². The van der Waals surface area contributed by atoms with Crippen molar-refractivity contribution in [2.45, 2.75) is 23.2 Å². The third kappa shape index (κ3) is 4.03. The van der Waals surface area contributed by atoms with Crippen molar-refractivity contribution >= 4 is 33.2 Å². The van der Waals surface area contributed by atoms with Crippen LogP contribution in [0.2, 0.25) is 10.0 Å². The first-order valence-electron chi connectivity index (χ1n) is 9.13. The summed E-state index contributed by atoms with van der Waals surface area (Å²) in [7, 11) is -3.57. The molecular weight excluding hydrogens is 403 g/mol. The van der Waals surface area contributed by atoms with Crippen LogP contribution in [0.15, 0.2) is 53.4 Å². The van der Waals surface area contributed by atoms with Crippen molar-refractivity contribution in [3.05, 3.63) is 64.1 Å². The quantitative estimate of drug-likeness (QED) is 0.726. The molecule has 4 rings (SSSR count). The molecule has 2 aromatic carbocycles. The maximum atomic E-state index is 12.9. The van der Waals surface area contributed by atoms with Gasteiger partial charge in [-0.15, -0.1) is 0 Å². The van der Waals surface area contributed by atoms with Crippen LogP contribution in [0, 0.1) is 0 Å². The van der Waals surface area contributed by atoms with Gasteiger partial charge in [-0.3, -0.25) is 4.90 Å². The first-order chi connectivity index (χ1) is 12.9. The highest BCUT2D eigenvalue weighted by Gasteiger charge is 2.45. The smallest absolute Gasteiger partial charge is 0.243 e. The summed E-state index contributed by atoms with van der Waals surface area (Å²) in [5.41, 5.74) is 1.65. The molecule has 0 atom stereocenters. The fourth-order valence-corrected chi connectivity index (χ4v) is 6.01. The fourth-order valence-electron chi connectivity index (χ4n) is 3.86. The van der Waals surface area contributed by atoms with Gasteiger partial charge in [0, 0.05) is 48.2 Å². The van der Waals surface area contributed by atoms with Crippen LogP contribution in [-0.4, -0.2) is 50.3 Å². The Bertz CT molecular complexity index is 902. The molecule has 1 saturated heterocycles. The summed E-state index contributed by atoms with van der Waals surface area (Å²) in [6.45, 7) is 3.44. The molecule has 0 aromatic heterocycles. The van der Waals surface area contributed by atoms with E-state index in [1.807, 2.05) is 6.07 Å². The Kier molecular flexibility index (Phi) is 5.25. The zero-order valence-electron chi connectivity index (χ0n) is 14.9. The van der Waals surface area contributed by atoms with Crippen LogP contribution in [0.1, 0.15) is 18.4 Å². The molecule has 7 heteroatoms. The van der Waals surface area contributed by atoms with Crippen LogP contribution in [0.3, 0.4) is 0 Å². The van der Waals surface area contributed by atoms with Crippen LogP contribution in [0.25, 0.3) is 0 Å². The van der Waals surface area contributed by atoms with Crippen LogP contribution >= 0.6 is 23.2 Å². The molecule has 4 nitrogen and oxygen atoms in total. The van der Waals surface area contributed by atoms with Gasteiger partial charge in [-0.1, -0.05) is 53.5 Å². The van der Waals surface area contributed by atoms with Crippen molar-refractivity contribution in [2.24, 2.45) is 0 Å². The predicted octanol–water partition coefficient (Wildman–Crippen LogP) is 4.03. The first-order valence-corrected chi connectivity index (χ1v) is 11.3. The zero-order valence-corrected chi connectivity index (χ0v) is 17.3. The molecule has 0 N–H and O–H groups in total. The van der Waals surface area contributed by atoms with Crippen LogP contribution < -0.4 is 0 Å². The largest absolute Gasteiger partial charge is 0.300 e. The molecule has 0 bridgehead atoms. The SMILES string of the molecule is O=S(=O)(c1cc(Cl)cc(Cl)c1)N1CCN(CC2(c3ccccc3)CC2)CC1.